The summed E-state index contributed by atoms with van der Waals surface area (Å²) in [5.41, 5.74) is 1.27. The van der Waals surface area contributed by atoms with Crippen LogP contribution in [0.1, 0.15) is 30.7 Å². The van der Waals surface area contributed by atoms with E-state index < -0.39 is 0 Å². The molecule has 2 atom stereocenters. The van der Waals surface area contributed by atoms with E-state index in [2.05, 4.69) is 25.9 Å². The SMILES string of the molecule is BrC1CCCC1c1cncnc1. The molecule has 12 heavy (non-hydrogen) atoms. The van der Waals surface area contributed by atoms with Crippen molar-refractivity contribution in [3.8, 4) is 0 Å². The Labute approximate surface area is 80.6 Å². The maximum absolute atomic E-state index is 4.03. The van der Waals surface area contributed by atoms with Crippen LogP contribution in [0.3, 0.4) is 0 Å². The number of nitrogens with zero attached hydrogens (tertiary/aromatic N) is 2. The van der Waals surface area contributed by atoms with E-state index in [9.17, 15) is 0 Å². The fourth-order valence-electron chi connectivity index (χ4n) is 1.79. The van der Waals surface area contributed by atoms with Gasteiger partial charge in [-0.15, -0.1) is 0 Å². The van der Waals surface area contributed by atoms with Gasteiger partial charge in [0.1, 0.15) is 6.33 Å². The molecule has 0 aromatic carbocycles. The van der Waals surface area contributed by atoms with Crippen LogP contribution in [0.5, 0.6) is 0 Å². The monoisotopic (exact) mass is 226 g/mol. The zero-order chi connectivity index (χ0) is 8.39. The molecule has 1 fully saturated rings. The third kappa shape index (κ3) is 1.51. The van der Waals surface area contributed by atoms with E-state index in [1.807, 2.05) is 12.4 Å². The summed E-state index contributed by atoms with van der Waals surface area (Å²) in [7, 11) is 0. The molecule has 1 aliphatic carbocycles. The number of hydrogen-bond acceptors (Lipinski definition) is 2. The molecule has 1 saturated carbocycles. The van der Waals surface area contributed by atoms with Crippen molar-refractivity contribution in [1.29, 1.82) is 0 Å². The van der Waals surface area contributed by atoms with Gasteiger partial charge in [-0.3, -0.25) is 0 Å². The molecule has 2 nitrogen and oxygen atoms in total. The number of halogens is 1. The standard InChI is InChI=1S/C9H11BrN2/c10-9-3-1-2-8(9)7-4-11-6-12-5-7/h4-6,8-9H,1-3H2. The van der Waals surface area contributed by atoms with Crippen molar-refractivity contribution < 1.29 is 0 Å². The molecular weight excluding hydrogens is 216 g/mol. The van der Waals surface area contributed by atoms with Crippen molar-refractivity contribution in [2.45, 2.75) is 30.0 Å². The molecule has 1 heterocycles. The van der Waals surface area contributed by atoms with Gasteiger partial charge in [0.05, 0.1) is 0 Å². The first-order chi connectivity index (χ1) is 5.88. The third-order valence-corrected chi connectivity index (χ3v) is 3.54. The second-order valence-corrected chi connectivity index (χ2v) is 4.40. The van der Waals surface area contributed by atoms with Crippen LogP contribution in [0.15, 0.2) is 18.7 Å². The highest BCUT2D eigenvalue weighted by Crippen LogP contribution is 2.38. The Morgan fingerprint density at radius 3 is 2.58 bits per heavy atom. The Morgan fingerprint density at radius 2 is 2.00 bits per heavy atom. The molecule has 2 unspecified atom stereocenters. The van der Waals surface area contributed by atoms with Crippen molar-refractivity contribution in [2.75, 3.05) is 0 Å². The van der Waals surface area contributed by atoms with Gasteiger partial charge in [0.2, 0.25) is 0 Å². The summed E-state index contributed by atoms with van der Waals surface area (Å²) in [4.78, 5) is 8.69. The summed E-state index contributed by atoms with van der Waals surface area (Å²) < 4.78 is 0. The van der Waals surface area contributed by atoms with Gasteiger partial charge in [0, 0.05) is 17.2 Å². The highest BCUT2D eigenvalue weighted by Gasteiger charge is 2.26. The lowest BCUT2D eigenvalue weighted by atomic mass is 10.0. The second kappa shape index (κ2) is 3.52. The van der Waals surface area contributed by atoms with Crippen LogP contribution in [0.2, 0.25) is 0 Å². The van der Waals surface area contributed by atoms with Gasteiger partial charge in [0.25, 0.3) is 0 Å². The Balaban J connectivity index is 2.19. The molecule has 3 heteroatoms. The molecule has 0 radical (unpaired) electrons. The molecule has 0 spiro atoms. The van der Waals surface area contributed by atoms with E-state index in [4.69, 9.17) is 0 Å². The fraction of sp³-hybridized carbons (Fsp3) is 0.556. The Bertz CT molecular complexity index is 250. The maximum Gasteiger partial charge on any atom is 0.115 e. The highest BCUT2D eigenvalue weighted by molar-refractivity contribution is 9.09. The van der Waals surface area contributed by atoms with E-state index >= 15 is 0 Å². The van der Waals surface area contributed by atoms with Gasteiger partial charge in [0.15, 0.2) is 0 Å². The first-order valence-electron chi connectivity index (χ1n) is 4.27. The first kappa shape index (κ1) is 8.17. The minimum Gasteiger partial charge on any atom is -0.245 e. The van der Waals surface area contributed by atoms with Crippen molar-refractivity contribution >= 4 is 15.9 Å². The van der Waals surface area contributed by atoms with Crippen molar-refractivity contribution in [1.82, 2.24) is 9.97 Å². The molecule has 1 aromatic rings. The molecule has 0 saturated heterocycles. The average molecular weight is 227 g/mol. The average Bonchev–Trinajstić information content (AvgIpc) is 2.53. The normalized spacial score (nSPS) is 29.1. The molecule has 0 N–H and O–H groups in total. The number of rotatable bonds is 1. The quantitative estimate of drug-likeness (QED) is 0.689. The van der Waals surface area contributed by atoms with Gasteiger partial charge in [-0.1, -0.05) is 22.4 Å². The van der Waals surface area contributed by atoms with E-state index in [1.165, 1.54) is 24.8 Å². The molecule has 2 rings (SSSR count). The summed E-state index contributed by atoms with van der Waals surface area (Å²) in [5.74, 6) is 0.631. The Hall–Kier alpha value is -0.440. The van der Waals surface area contributed by atoms with Crippen molar-refractivity contribution in [3.05, 3.63) is 24.3 Å². The summed E-state index contributed by atoms with van der Waals surface area (Å²) in [6, 6.07) is 0. The van der Waals surface area contributed by atoms with Crippen LogP contribution < -0.4 is 0 Å². The zero-order valence-corrected chi connectivity index (χ0v) is 8.37. The second-order valence-electron chi connectivity index (χ2n) is 3.23. The summed E-state index contributed by atoms with van der Waals surface area (Å²) in [6.45, 7) is 0. The van der Waals surface area contributed by atoms with Crippen LogP contribution >= 0.6 is 15.9 Å². The van der Waals surface area contributed by atoms with E-state index in [0.29, 0.717) is 10.7 Å². The zero-order valence-electron chi connectivity index (χ0n) is 6.78. The summed E-state index contributed by atoms with van der Waals surface area (Å²) in [6.07, 6.45) is 9.30. The van der Waals surface area contributed by atoms with Crippen LogP contribution in [0.4, 0.5) is 0 Å². The summed E-state index contributed by atoms with van der Waals surface area (Å²) >= 11 is 3.69. The Kier molecular flexibility index (Phi) is 2.40. The molecule has 0 aliphatic heterocycles. The predicted molar refractivity (Wildman–Crippen MR) is 51.3 cm³/mol. The fourth-order valence-corrected chi connectivity index (χ4v) is 2.69. The van der Waals surface area contributed by atoms with Gasteiger partial charge in [-0.05, 0) is 24.3 Å². The largest absolute Gasteiger partial charge is 0.245 e. The molecule has 0 bridgehead atoms. The molecule has 0 amide bonds. The van der Waals surface area contributed by atoms with Gasteiger partial charge in [-0.2, -0.15) is 0 Å². The van der Waals surface area contributed by atoms with Gasteiger partial charge in [-0.25, -0.2) is 9.97 Å². The van der Waals surface area contributed by atoms with Crippen LogP contribution in [0, 0.1) is 0 Å². The maximum atomic E-state index is 4.03. The smallest absolute Gasteiger partial charge is 0.115 e. The van der Waals surface area contributed by atoms with Gasteiger partial charge < -0.3 is 0 Å². The third-order valence-electron chi connectivity index (χ3n) is 2.44. The van der Waals surface area contributed by atoms with E-state index in [1.54, 1.807) is 6.33 Å². The minimum atomic E-state index is 0.628. The van der Waals surface area contributed by atoms with Crippen molar-refractivity contribution in [3.63, 3.8) is 0 Å². The van der Waals surface area contributed by atoms with Gasteiger partial charge >= 0.3 is 0 Å². The van der Waals surface area contributed by atoms with E-state index in [0.717, 1.165) is 0 Å². The molecule has 1 aliphatic rings. The van der Waals surface area contributed by atoms with E-state index in [-0.39, 0.29) is 0 Å². The number of hydrogen-bond donors (Lipinski definition) is 0. The van der Waals surface area contributed by atoms with Crippen molar-refractivity contribution in [2.24, 2.45) is 0 Å². The minimum absolute atomic E-state index is 0.628. The first-order valence-corrected chi connectivity index (χ1v) is 5.18. The van der Waals surface area contributed by atoms with Crippen LogP contribution in [-0.4, -0.2) is 14.8 Å². The topological polar surface area (TPSA) is 25.8 Å². The number of alkyl halides is 1. The lowest BCUT2D eigenvalue weighted by Crippen LogP contribution is -2.04. The van der Waals surface area contributed by atoms with Crippen LogP contribution in [-0.2, 0) is 0 Å². The number of aromatic nitrogens is 2. The van der Waals surface area contributed by atoms with Crippen LogP contribution in [0.25, 0.3) is 0 Å². The highest BCUT2D eigenvalue weighted by atomic mass is 79.9. The molecule has 1 aromatic heterocycles. The predicted octanol–water partition coefficient (Wildman–Crippen LogP) is 2.51. The molecule has 64 valence electrons. The molecular formula is C9H11BrN2. The lowest BCUT2D eigenvalue weighted by Gasteiger charge is -2.12. The lowest BCUT2D eigenvalue weighted by molar-refractivity contribution is 0.732. The Morgan fingerprint density at radius 1 is 1.25 bits per heavy atom. The summed E-state index contributed by atoms with van der Waals surface area (Å²) in [5, 5.41) is 0.